The molecule has 2 rings (SSSR count). The number of ether oxygens (including phenoxy) is 1. The second kappa shape index (κ2) is 9.33. The number of nitrogens with two attached hydrogens (primary N) is 1. The lowest BCUT2D eigenvalue weighted by atomic mass is 10.1. The van der Waals surface area contributed by atoms with E-state index in [9.17, 15) is 13.2 Å². The fourth-order valence-corrected chi connectivity index (χ4v) is 4.49. The minimum absolute atomic E-state index is 0. The normalized spacial score (nSPS) is 25.8. The Kier molecular flexibility index (Phi) is 8.41. The van der Waals surface area contributed by atoms with Crippen molar-refractivity contribution in [2.45, 2.75) is 45.3 Å². The zero-order valence-electron chi connectivity index (χ0n) is 14.5. The van der Waals surface area contributed by atoms with Crippen LogP contribution in [0, 0.1) is 5.92 Å². The largest absolute Gasteiger partial charge is 0.378 e. The molecule has 0 aromatic heterocycles. The summed E-state index contributed by atoms with van der Waals surface area (Å²) in [6, 6.07) is 0.131. The van der Waals surface area contributed by atoms with Gasteiger partial charge in [0.1, 0.15) is 0 Å². The molecule has 1 aliphatic heterocycles. The molecule has 142 valence electrons. The monoisotopic (exact) mass is 383 g/mol. The number of hydrogen-bond donors (Lipinski definition) is 1. The smallest absolute Gasteiger partial charge is 0.225 e. The SMILES string of the molecule is CC(C)OCCS(=O)(=O)N1CCN(C(=O)C2CCC(N)C2)CC1.Cl. The zero-order valence-corrected chi connectivity index (χ0v) is 16.2. The van der Waals surface area contributed by atoms with E-state index in [4.69, 9.17) is 10.5 Å². The van der Waals surface area contributed by atoms with Gasteiger partial charge in [-0.05, 0) is 33.1 Å². The Bertz CT molecular complexity index is 507. The molecule has 9 heteroatoms. The van der Waals surface area contributed by atoms with Gasteiger partial charge in [-0.15, -0.1) is 12.4 Å². The average molecular weight is 384 g/mol. The van der Waals surface area contributed by atoms with Gasteiger partial charge in [-0.2, -0.15) is 4.31 Å². The number of piperazine rings is 1. The van der Waals surface area contributed by atoms with Crippen LogP contribution in [0.2, 0.25) is 0 Å². The third kappa shape index (κ3) is 5.84. The molecule has 1 heterocycles. The number of rotatable bonds is 6. The Labute approximate surface area is 151 Å². The van der Waals surface area contributed by atoms with E-state index in [-0.39, 0.29) is 48.7 Å². The molecule has 0 aromatic rings. The summed E-state index contributed by atoms with van der Waals surface area (Å²) >= 11 is 0. The highest BCUT2D eigenvalue weighted by atomic mass is 35.5. The van der Waals surface area contributed by atoms with Gasteiger partial charge in [0.15, 0.2) is 0 Å². The van der Waals surface area contributed by atoms with Gasteiger partial charge in [0, 0.05) is 38.1 Å². The van der Waals surface area contributed by atoms with Crippen LogP contribution in [0.5, 0.6) is 0 Å². The molecular formula is C15H30ClN3O4S. The predicted octanol–water partition coefficient (Wildman–Crippen LogP) is 0.435. The van der Waals surface area contributed by atoms with Crippen molar-refractivity contribution in [3.05, 3.63) is 0 Å². The molecular weight excluding hydrogens is 354 g/mol. The van der Waals surface area contributed by atoms with Crippen LogP contribution < -0.4 is 5.73 Å². The van der Waals surface area contributed by atoms with Crippen LogP contribution >= 0.6 is 12.4 Å². The van der Waals surface area contributed by atoms with Crippen molar-refractivity contribution in [1.29, 1.82) is 0 Å². The van der Waals surface area contributed by atoms with E-state index in [0.717, 1.165) is 19.3 Å². The van der Waals surface area contributed by atoms with Crippen LogP contribution in [0.3, 0.4) is 0 Å². The lowest BCUT2D eigenvalue weighted by Crippen LogP contribution is -2.52. The second-order valence-electron chi connectivity index (χ2n) is 6.73. The number of hydrogen-bond acceptors (Lipinski definition) is 5. The fraction of sp³-hybridized carbons (Fsp3) is 0.933. The topological polar surface area (TPSA) is 92.9 Å². The van der Waals surface area contributed by atoms with E-state index in [1.54, 1.807) is 4.90 Å². The Morgan fingerprint density at radius 3 is 2.33 bits per heavy atom. The standard InChI is InChI=1S/C15H29N3O4S.ClH/c1-12(2)22-9-10-23(20,21)18-7-5-17(6-8-18)15(19)13-3-4-14(16)11-13;/h12-14H,3-11,16H2,1-2H3;1H. The van der Waals surface area contributed by atoms with Gasteiger partial charge >= 0.3 is 0 Å². The lowest BCUT2D eigenvalue weighted by molar-refractivity contribution is -0.136. The average Bonchev–Trinajstić information content (AvgIpc) is 2.92. The minimum atomic E-state index is -3.31. The molecule has 2 unspecified atom stereocenters. The highest BCUT2D eigenvalue weighted by Crippen LogP contribution is 2.26. The molecule has 2 aliphatic rings. The van der Waals surface area contributed by atoms with Crippen molar-refractivity contribution in [2.75, 3.05) is 38.5 Å². The van der Waals surface area contributed by atoms with E-state index in [0.29, 0.717) is 26.2 Å². The van der Waals surface area contributed by atoms with Gasteiger partial charge in [-0.3, -0.25) is 4.79 Å². The Morgan fingerprint density at radius 1 is 1.21 bits per heavy atom. The molecule has 1 aliphatic carbocycles. The van der Waals surface area contributed by atoms with Crippen LogP contribution in [0.15, 0.2) is 0 Å². The van der Waals surface area contributed by atoms with Crippen molar-refractivity contribution in [3.8, 4) is 0 Å². The predicted molar refractivity (Wildman–Crippen MR) is 95.6 cm³/mol. The van der Waals surface area contributed by atoms with Crippen molar-refractivity contribution in [1.82, 2.24) is 9.21 Å². The highest BCUT2D eigenvalue weighted by Gasteiger charge is 2.34. The quantitative estimate of drug-likeness (QED) is 0.718. The van der Waals surface area contributed by atoms with Gasteiger partial charge in [-0.1, -0.05) is 0 Å². The number of nitrogens with zero attached hydrogens (tertiary/aromatic N) is 2. The van der Waals surface area contributed by atoms with Crippen LogP contribution in [0.4, 0.5) is 0 Å². The molecule has 0 aromatic carbocycles. The van der Waals surface area contributed by atoms with Gasteiger partial charge < -0.3 is 15.4 Å². The first-order valence-corrected chi connectivity index (χ1v) is 10.0. The lowest BCUT2D eigenvalue weighted by Gasteiger charge is -2.35. The molecule has 2 N–H and O–H groups in total. The first-order valence-electron chi connectivity index (χ1n) is 8.43. The van der Waals surface area contributed by atoms with Gasteiger partial charge in [-0.25, -0.2) is 8.42 Å². The molecule has 0 spiro atoms. The van der Waals surface area contributed by atoms with Crippen LogP contribution in [0.25, 0.3) is 0 Å². The second-order valence-corrected chi connectivity index (χ2v) is 8.82. The van der Waals surface area contributed by atoms with Crippen LogP contribution in [-0.4, -0.2) is 74.2 Å². The summed E-state index contributed by atoms with van der Waals surface area (Å²) in [4.78, 5) is 14.2. The summed E-state index contributed by atoms with van der Waals surface area (Å²) in [5, 5.41) is 0. The van der Waals surface area contributed by atoms with Crippen molar-refractivity contribution >= 4 is 28.3 Å². The van der Waals surface area contributed by atoms with E-state index >= 15 is 0 Å². The molecule has 0 bridgehead atoms. The van der Waals surface area contributed by atoms with E-state index in [1.807, 2.05) is 13.8 Å². The number of halogens is 1. The number of sulfonamides is 1. The summed E-state index contributed by atoms with van der Waals surface area (Å²) in [7, 11) is -3.31. The first-order chi connectivity index (χ1) is 10.8. The summed E-state index contributed by atoms with van der Waals surface area (Å²) in [5.41, 5.74) is 5.87. The maximum atomic E-state index is 12.4. The van der Waals surface area contributed by atoms with Crippen LogP contribution in [0.1, 0.15) is 33.1 Å². The Balaban J connectivity index is 0.00000288. The summed E-state index contributed by atoms with van der Waals surface area (Å²) < 4.78 is 31.3. The minimum Gasteiger partial charge on any atom is -0.378 e. The van der Waals surface area contributed by atoms with Crippen molar-refractivity contribution in [2.24, 2.45) is 11.7 Å². The van der Waals surface area contributed by atoms with Gasteiger partial charge in [0.05, 0.1) is 18.5 Å². The molecule has 0 radical (unpaired) electrons. The molecule has 24 heavy (non-hydrogen) atoms. The third-order valence-electron chi connectivity index (χ3n) is 4.56. The molecule has 2 atom stereocenters. The van der Waals surface area contributed by atoms with E-state index < -0.39 is 10.0 Å². The summed E-state index contributed by atoms with van der Waals surface area (Å²) in [6.07, 6.45) is 2.53. The third-order valence-corrected chi connectivity index (χ3v) is 6.39. The number of carbonyl (C=O) groups is 1. The molecule has 1 saturated carbocycles. The summed E-state index contributed by atoms with van der Waals surface area (Å²) in [6.45, 7) is 5.64. The Morgan fingerprint density at radius 2 is 1.83 bits per heavy atom. The maximum Gasteiger partial charge on any atom is 0.225 e. The van der Waals surface area contributed by atoms with Gasteiger partial charge in [0.25, 0.3) is 0 Å². The number of amides is 1. The maximum absolute atomic E-state index is 12.4. The summed E-state index contributed by atoms with van der Waals surface area (Å²) in [5.74, 6) is 0.155. The van der Waals surface area contributed by atoms with Crippen molar-refractivity contribution < 1.29 is 17.9 Å². The zero-order chi connectivity index (χ0) is 17.0. The van der Waals surface area contributed by atoms with Crippen molar-refractivity contribution in [3.63, 3.8) is 0 Å². The first kappa shape index (κ1) is 21.6. The van der Waals surface area contributed by atoms with E-state index in [2.05, 4.69) is 0 Å². The molecule has 2 fully saturated rings. The molecule has 1 saturated heterocycles. The molecule has 7 nitrogen and oxygen atoms in total. The molecule has 1 amide bonds. The number of carbonyl (C=O) groups excluding carboxylic acids is 1. The van der Waals surface area contributed by atoms with Crippen LogP contribution in [-0.2, 0) is 19.6 Å². The highest BCUT2D eigenvalue weighted by molar-refractivity contribution is 7.89. The Hall–Kier alpha value is -0.410. The van der Waals surface area contributed by atoms with E-state index in [1.165, 1.54) is 4.31 Å². The fourth-order valence-electron chi connectivity index (χ4n) is 3.20. The van der Waals surface area contributed by atoms with Gasteiger partial charge in [0.2, 0.25) is 15.9 Å².